The van der Waals surface area contributed by atoms with Gasteiger partial charge in [-0.15, -0.1) is 0 Å². The summed E-state index contributed by atoms with van der Waals surface area (Å²) in [5.41, 5.74) is 0.457. The molecular weight excluding hydrogens is 492 g/mol. The Bertz CT molecular complexity index is 1430. The molecule has 0 unspecified atom stereocenters. The number of carbonyl (C=O) groups is 4. The van der Waals surface area contributed by atoms with E-state index in [9.17, 15) is 29.3 Å². The Kier molecular flexibility index (Phi) is 6.54. The first-order valence-corrected chi connectivity index (χ1v) is 10.8. The number of halogens is 1. The van der Waals surface area contributed by atoms with Crippen molar-refractivity contribution >= 4 is 46.5 Å². The first-order chi connectivity index (χ1) is 17.1. The molecule has 3 aromatic rings. The van der Waals surface area contributed by atoms with Crippen LogP contribution in [0.4, 0.5) is 11.4 Å². The Labute approximate surface area is 209 Å². The monoisotopic (exact) mass is 508 g/mol. The molecule has 0 saturated heterocycles. The fraction of sp³-hybridized carbons (Fsp3) is 0.120. The van der Waals surface area contributed by atoms with Gasteiger partial charge in [-0.1, -0.05) is 35.9 Å². The number of nitro groups is 1. The normalized spacial score (nSPS) is 12.4. The van der Waals surface area contributed by atoms with Crippen LogP contribution in [-0.2, 0) is 4.74 Å². The number of nitrogens with zero attached hydrogens (tertiary/aromatic N) is 2. The molecule has 0 aromatic heterocycles. The Morgan fingerprint density at radius 3 is 2.25 bits per heavy atom. The summed E-state index contributed by atoms with van der Waals surface area (Å²) in [7, 11) is 1.27. The van der Waals surface area contributed by atoms with Crippen molar-refractivity contribution in [2.24, 2.45) is 0 Å². The molecule has 36 heavy (non-hydrogen) atoms. The highest BCUT2D eigenvalue weighted by Gasteiger charge is 2.38. The number of esters is 1. The quantitative estimate of drug-likeness (QED) is 0.151. The van der Waals surface area contributed by atoms with Crippen molar-refractivity contribution in [3.05, 3.63) is 97.6 Å². The van der Waals surface area contributed by atoms with Crippen molar-refractivity contribution in [1.82, 2.24) is 0 Å². The smallest absolute Gasteiger partial charge is 0.342 e. The maximum atomic E-state index is 12.8. The fourth-order valence-corrected chi connectivity index (χ4v) is 3.97. The molecule has 1 heterocycles. The van der Waals surface area contributed by atoms with Crippen LogP contribution >= 0.6 is 11.6 Å². The number of anilines is 1. The lowest BCUT2D eigenvalue weighted by Gasteiger charge is -2.18. The molecule has 11 heteroatoms. The Hall–Kier alpha value is -4.57. The summed E-state index contributed by atoms with van der Waals surface area (Å²) in [5, 5.41) is 11.0. The summed E-state index contributed by atoms with van der Waals surface area (Å²) >= 11 is 6.34. The molecule has 10 nitrogen and oxygen atoms in total. The topological polar surface area (TPSA) is 133 Å². The number of ether oxygens (including phenoxy) is 2. The van der Waals surface area contributed by atoms with Crippen LogP contribution < -0.4 is 9.64 Å². The van der Waals surface area contributed by atoms with Gasteiger partial charge in [0.2, 0.25) is 5.78 Å². The largest absolute Gasteiger partial charge is 0.496 e. The van der Waals surface area contributed by atoms with Crippen LogP contribution in [-0.4, -0.2) is 42.2 Å². The van der Waals surface area contributed by atoms with Crippen molar-refractivity contribution in [3.8, 4) is 5.75 Å². The third-order valence-electron chi connectivity index (χ3n) is 5.59. The average molecular weight is 509 g/mol. The maximum Gasteiger partial charge on any atom is 0.342 e. The standard InChI is InChI=1S/C25H17ClN2O8/c1-13-7-8-14(9-19(13)28(33)34)21(29)12-36-25(32)17-10-18(26)20(11-22(17)35-2)27-23(30)15-5-3-4-6-16(15)24(27)31/h3-11H,12H2,1-2H3. The molecule has 0 radical (unpaired) electrons. The molecule has 0 spiro atoms. The Morgan fingerprint density at radius 2 is 1.67 bits per heavy atom. The fourth-order valence-electron chi connectivity index (χ4n) is 3.72. The lowest BCUT2D eigenvalue weighted by molar-refractivity contribution is -0.385. The van der Waals surface area contributed by atoms with Gasteiger partial charge in [-0.2, -0.15) is 0 Å². The van der Waals surface area contributed by atoms with Gasteiger partial charge in [-0.25, -0.2) is 9.69 Å². The van der Waals surface area contributed by atoms with E-state index in [1.165, 1.54) is 50.4 Å². The van der Waals surface area contributed by atoms with Gasteiger partial charge in [0.25, 0.3) is 17.5 Å². The number of fused-ring (bicyclic) bond motifs is 1. The molecule has 182 valence electrons. The summed E-state index contributed by atoms with van der Waals surface area (Å²) in [5.74, 6) is -2.81. The van der Waals surface area contributed by atoms with Crippen molar-refractivity contribution < 1.29 is 33.6 Å². The molecular formula is C25H17ClN2O8. The molecule has 0 fully saturated rings. The van der Waals surface area contributed by atoms with E-state index >= 15 is 0 Å². The van der Waals surface area contributed by atoms with E-state index in [1.807, 2.05) is 0 Å². The van der Waals surface area contributed by atoms with Gasteiger partial charge in [0.15, 0.2) is 6.61 Å². The highest BCUT2D eigenvalue weighted by atomic mass is 35.5. The highest BCUT2D eigenvalue weighted by molar-refractivity contribution is 6.40. The summed E-state index contributed by atoms with van der Waals surface area (Å²) in [6.07, 6.45) is 0. The van der Waals surface area contributed by atoms with E-state index in [2.05, 4.69) is 0 Å². The molecule has 0 atom stereocenters. The minimum absolute atomic E-state index is 0.00562. The number of hydrogen-bond acceptors (Lipinski definition) is 8. The number of nitro benzene ring substituents is 1. The van der Waals surface area contributed by atoms with Gasteiger partial charge in [-0.3, -0.25) is 24.5 Å². The van der Waals surface area contributed by atoms with Gasteiger partial charge in [-0.05, 0) is 25.1 Å². The first-order valence-electron chi connectivity index (χ1n) is 10.4. The third-order valence-corrected chi connectivity index (χ3v) is 5.89. The summed E-state index contributed by atoms with van der Waals surface area (Å²) < 4.78 is 10.3. The first kappa shape index (κ1) is 24.6. The molecule has 1 aliphatic rings. The molecule has 0 bridgehead atoms. The van der Waals surface area contributed by atoms with E-state index in [0.717, 1.165) is 11.0 Å². The molecule has 1 aliphatic heterocycles. The number of carbonyl (C=O) groups excluding carboxylic acids is 4. The van der Waals surface area contributed by atoms with Gasteiger partial charge in [0.1, 0.15) is 11.3 Å². The minimum Gasteiger partial charge on any atom is -0.496 e. The number of Topliss-reactive ketones (excluding diaryl/α,β-unsaturated/α-hetero) is 1. The van der Waals surface area contributed by atoms with Crippen LogP contribution in [0.15, 0.2) is 54.6 Å². The van der Waals surface area contributed by atoms with E-state index in [0.29, 0.717) is 5.56 Å². The van der Waals surface area contributed by atoms with Crippen LogP contribution in [0.3, 0.4) is 0 Å². The van der Waals surface area contributed by atoms with E-state index < -0.39 is 35.1 Å². The number of ketones is 1. The number of benzene rings is 3. The van der Waals surface area contributed by atoms with E-state index in [-0.39, 0.29) is 44.4 Å². The predicted octanol–water partition coefficient (Wildman–Crippen LogP) is 4.41. The zero-order chi connectivity index (χ0) is 26.1. The maximum absolute atomic E-state index is 12.8. The molecule has 0 saturated carbocycles. The zero-order valence-corrected chi connectivity index (χ0v) is 19.7. The predicted molar refractivity (Wildman–Crippen MR) is 128 cm³/mol. The Balaban J connectivity index is 1.56. The van der Waals surface area contributed by atoms with Crippen molar-refractivity contribution in [2.75, 3.05) is 18.6 Å². The minimum atomic E-state index is -0.961. The number of methoxy groups -OCH3 is 1. The Morgan fingerprint density at radius 1 is 1.03 bits per heavy atom. The van der Waals surface area contributed by atoms with Gasteiger partial charge >= 0.3 is 5.97 Å². The second kappa shape index (κ2) is 9.59. The van der Waals surface area contributed by atoms with Crippen LogP contribution in [0.1, 0.15) is 47.0 Å². The van der Waals surface area contributed by atoms with E-state index in [1.54, 1.807) is 12.1 Å². The second-order valence-electron chi connectivity index (χ2n) is 7.75. The lowest BCUT2D eigenvalue weighted by atomic mass is 10.1. The number of imide groups is 1. The van der Waals surface area contributed by atoms with Gasteiger partial charge < -0.3 is 9.47 Å². The van der Waals surface area contributed by atoms with Gasteiger partial charge in [0, 0.05) is 23.3 Å². The number of aryl methyl sites for hydroxylation is 1. The second-order valence-corrected chi connectivity index (χ2v) is 8.16. The SMILES string of the molecule is COc1cc(N2C(=O)c3ccccc3C2=O)c(Cl)cc1C(=O)OCC(=O)c1ccc(C)c([N+](=O)[O-])c1. The van der Waals surface area contributed by atoms with Crippen molar-refractivity contribution in [3.63, 3.8) is 0 Å². The molecule has 0 N–H and O–H groups in total. The van der Waals surface area contributed by atoms with Crippen LogP contribution in [0, 0.1) is 17.0 Å². The molecule has 2 amide bonds. The summed E-state index contributed by atoms with van der Waals surface area (Å²) in [6, 6.07) is 12.7. The molecule has 0 aliphatic carbocycles. The number of rotatable bonds is 7. The van der Waals surface area contributed by atoms with Crippen LogP contribution in [0.2, 0.25) is 5.02 Å². The van der Waals surface area contributed by atoms with Crippen LogP contribution in [0.5, 0.6) is 5.75 Å². The molecule has 3 aromatic carbocycles. The number of hydrogen-bond donors (Lipinski definition) is 0. The third kappa shape index (κ3) is 4.29. The summed E-state index contributed by atoms with van der Waals surface area (Å²) in [6.45, 7) is 0.841. The van der Waals surface area contributed by atoms with Gasteiger partial charge in [0.05, 0.1) is 33.9 Å². The number of amides is 2. The lowest BCUT2D eigenvalue weighted by Crippen LogP contribution is -2.29. The molecule has 4 rings (SSSR count). The summed E-state index contributed by atoms with van der Waals surface area (Å²) in [4.78, 5) is 62.2. The van der Waals surface area contributed by atoms with E-state index in [4.69, 9.17) is 21.1 Å². The zero-order valence-electron chi connectivity index (χ0n) is 18.9. The van der Waals surface area contributed by atoms with Crippen LogP contribution in [0.25, 0.3) is 0 Å². The van der Waals surface area contributed by atoms with Crippen molar-refractivity contribution in [2.45, 2.75) is 6.92 Å². The highest BCUT2D eigenvalue weighted by Crippen LogP contribution is 2.38. The van der Waals surface area contributed by atoms with Crippen molar-refractivity contribution in [1.29, 1.82) is 0 Å². The average Bonchev–Trinajstić information content (AvgIpc) is 3.12.